The average Bonchev–Trinajstić information content (AvgIpc) is 3.39. The summed E-state index contributed by atoms with van der Waals surface area (Å²) < 4.78 is 43.1. The Labute approximate surface area is 222 Å². The van der Waals surface area contributed by atoms with E-state index < -0.39 is 23.6 Å². The zero-order chi connectivity index (χ0) is 27.6. The van der Waals surface area contributed by atoms with E-state index in [0.717, 1.165) is 17.2 Å². The highest BCUT2D eigenvalue weighted by Crippen LogP contribution is 2.22. The summed E-state index contributed by atoms with van der Waals surface area (Å²) in [7, 11) is 0. The maximum Gasteiger partial charge on any atom is 0.335 e. The van der Waals surface area contributed by atoms with Gasteiger partial charge in [-0.1, -0.05) is 60.7 Å². The number of benzene rings is 4. The number of carboxylic acid groups (broad SMARTS) is 1. The topological polar surface area (TPSA) is 94.4 Å². The van der Waals surface area contributed by atoms with Gasteiger partial charge in [-0.15, -0.1) is 0 Å². The van der Waals surface area contributed by atoms with Crippen molar-refractivity contribution >= 4 is 17.8 Å². The molecule has 0 amide bonds. The van der Waals surface area contributed by atoms with E-state index >= 15 is 0 Å². The number of hydrogen-bond acceptors (Lipinski definition) is 6. The lowest BCUT2D eigenvalue weighted by molar-refractivity contribution is -0.132. The second kappa shape index (κ2) is 13.0. The van der Waals surface area contributed by atoms with Crippen molar-refractivity contribution in [2.45, 2.75) is 13.2 Å². The van der Waals surface area contributed by atoms with Gasteiger partial charge in [-0.2, -0.15) is 0 Å². The van der Waals surface area contributed by atoms with Gasteiger partial charge in [-0.25, -0.2) is 23.4 Å². The predicted octanol–water partition coefficient (Wildman–Crippen LogP) is 5.81. The first-order valence-corrected chi connectivity index (χ1v) is 11.8. The van der Waals surface area contributed by atoms with E-state index in [1.807, 2.05) is 60.7 Å². The second-order valence-electron chi connectivity index (χ2n) is 8.24. The predicted molar refractivity (Wildman–Crippen MR) is 139 cm³/mol. The molecule has 0 saturated heterocycles. The fourth-order valence-electron chi connectivity index (χ4n) is 3.43. The quantitative estimate of drug-likeness (QED) is 0.289. The number of hydrogen-bond donors (Lipinski definition) is 1. The van der Waals surface area contributed by atoms with Gasteiger partial charge in [0.25, 0.3) is 0 Å². The lowest BCUT2D eigenvalue weighted by atomic mass is 10.2. The van der Waals surface area contributed by atoms with E-state index in [0.29, 0.717) is 5.56 Å². The van der Waals surface area contributed by atoms with Crippen LogP contribution in [0.2, 0.25) is 0 Å². The smallest absolute Gasteiger partial charge is 0.335 e. The molecule has 1 aliphatic heterocycles. The number of aromatic carboxylic acids is 1. The van der Waals surface area contributed by atoms with Gasteiger partial charge in [0.05, 0.1) is 5.56 Å². The number of aliphatic imine (C=N–C) groups is 1. The molecule has 4 aromatic carbocycles. The Morgan fingerprint density at radius 3 is 1.79 bits per heavy atom. The number of cyclic esters (lactones) is 1. The van der Waals surface area contributed by atoms with Gasteiger partial charge in [-0.05, 0) is 47.5 Å². The van der Waals surface area contributed by atoms with E-state index in [4.69, 9.17) is 19.3 Å². The monoisotopic (exact) mass is 531 g/mol. The highest BCUT2D eigenvalue weighted by molar-refractivity contribution is 6.04. The van der Waals surface area contributed by atoms with Gasteiger partial charge in [0.2, 0.25) is 5.90 Å². The number of carboxylic acids is 1. The van der Waals surface area contributed by atoms with E-state index in [1.54, 1.807) is 6.07 Å². The van der Waals surface area contributed by atoms with Crippen LogP contribution >= 0.6 is 0 Å². The largest absolute Gasteiger partial charge is 0.486 e. The molecule has 4 aromatic rings. The normalized spacial score (nSPS) is 12.1. The minimum Gasteiger partial charge on any atom is -0.486 e. The third kappa shape index (κ3) is 7.72. The van der Waals surface area contributed by atoms with Crippen molar-refractivity contribution in [1.29, 1.82) is 0 Å². The SMILES string of the molecule is O=C(O)c1ccc(OCc2ccccc2)c(F)c1.O=C1CN=C(c2ccc(OCc3ccccc3)c(F)c2)O1. The molecule has 0 bridgehead atoms. The number of carbonyl (C=O) groups excluding carboxylic acids is 1. The van der Waals surface area contributed by atoms with Crippen LogP contribution in [0.4, 0.5) is 8.78 Å². The summed E-state index contributed by atoms with van der Waals surface area (Å²) in [5, 5.41) is 8.70. The Hall–Kier alpha value is -5.05. The molecular weight excluding hydrogens is 508 g/mol. The summed E-state index contributed by atoms with van der Waals surface area (Å²) >= 11 is 0. The van der Waals surface area contributed by atoms with Crippen molar-refractivity contribution in [3.8, 4) is 11.5 Å². The van der Waals surface area contributed by atoms with Gasteiger partial charge in [-0.3, -0.25) is 0 Å². The summed E-state index contributed by atoms with van der Waals surface area (Å²) in [4.78, 5) is 25.5. The second-order valence-corrected chi connectivity index (χ2v) is 8.24. The van der Waals surface area contributed by atoms with E-state index in [1.165, 1.54) is 24.3 Å². The molecule has 0 radical (unpaired) electrons. The fourth-order valence-corrected chi connectivity index (χ4v) is 3.43. The first-order chi connectivity index (χ1) is 18.9. The molecule has 0 unspecified atom stereocenters. The molecule has 0 aromatic heterocycles. The molecule has 0 saturated carbocycles. The molecule has 198 valence electrons. The highest BCUT2D eigenvalue weighted by Gasteiger charge is 2.19. The molecule has 9 heteroatoms. The molecule has 1 N–H and O–H groups in total. The Balaban J connectivity index is 0.000000183. The van der Waals surface area contributed by atoms with Crippen LogP contribution in [0.5, 0.6) is 11.5 Å². The molecular formula is C30H23F2NO6. The number of halogens is 2. The van der Waals surface area contributed by atoms with Gasteiger partial charge in [0.15, 0.2) is 23.1 Å². The standard InChI is InChI=1S/C16H12FNO3.C14H11FO3/c17-13-8-12(16-18-9-15(19)21-16)6-7-14(13)20-10-11-4-2-1-3-5-11;15-12-8-11(14(16)17)6-7-13(12)18-9-10-4-2-1-3-5-10/h1-8H,9-10H2;1-8H,9H2,(H,16,17). The van der Waals surface area contributed by atoms with Gasteiger partial charge >= 0.3 is 11.9 Å². The van der Waals surface area contributed by atoms with Crippen LogP contribution in [0.25, 0.3) is 0 Å². The maximum atomic E-state index is 14.0. The van der Waals surface area contributed by atoms with E-state index in [2.05, 4.69) is 4.99 Å². The van der Waals surface area contributed by atoms with Gasteiger partial charge < -0.3 is 19.3 Å². The summed E-state index contributed by atoms with van der Waals surface area (Å²) in [5.74, 6) is -2.46. The van der Waals surface area contributed by atoms with Crippen molar-refractivity contribution in [3.63, 3.8) is 0 Å². The zero-order valence-electron chi connectivity index (χ0n) is 20.6. The maximum absolute atomic E-state index is 14.0. The number of carbonyl (C=O) groups is 2. The van der Waals surface area contributed by atoms with Crippen LogP contribution in [0.1, 0.15) is 27.0 Å². The number of esters is 1. The van der Waals surface area contributed by atoms with Gasteiger partial charge in [0.1, 0.15) is 19.8 Å². The summed E-state index contributed by atoms with van der Waals surface area (Å²) in [5.41, 5.74) is 2.19. The minimum atomic E-state index is -1.16. The van der Waals surface area contributed by atoms with Gasteiger partial charge in [0, 0.05) is 5.56 Å². The molecule has 0 atom stereocenters. The summed E-state index contributed by atoms with van der Waals surface area (Å²) in [6, 6.07) is 26.8. The number of ether oxygens (including phenoxy) is 3. The van der Waals surface area contributed by atoms with Crippen molar-refractivity contribution in [2.24, 2.45) is 4.99 Å². The molecule has 39 heavy (non-hydrogen) atoms. The first-order valence-electron chi connectivity index (χ1n) is 11.8. The molecule has 5 rings (SSSR count). The van der Waals surface area contributed by atoms with Crippen LogP contribution in [0.3, 0.4) is 0 Å². The van der Waals surface area contributed by atoms with E-state index in [-0.39, 0.29) is 42.7 Å². The van der Waals surface area contributed by atoms with Crippen molar-refractivity contribution in [3.05, 3.63) is 131 Å². The van der Waals surface area contributed by atoms with Crippen LogP contribution in [-0.2, 0) is 22.7 Å². The molecule has 0 fully saturated rings. The van der Waals surface area contributed by atoms with Crippen molar-refractivity contribution in [2.75, 3.05) is 6.54 Å². The summed E-state index contributed by atoms with van der Waals surface area (Å²) in [6.45, 7) is 0.500. The van der Waals surface area contributed by atoms with Crippen LogP contribution < -0.4 is 9.47 Å². The zero-order valence-corrected chi connectivity index (χ0v) is 20.6. The van der Waals surface area contributed by atoms with E-state index in [9.17, 15) is 18.4 Å². The molecule has 1 heterocycles. The van der Waals surface area contributed by atoms with Crippen molar-refractivity contribution in [1.82, 2.24) is 0 Å². The Morgan fingerprint density at radius 2 is 1.33 bits per heavy atom. The lowest BCUT2D eigenvalue weighted by Crippen LogP contribution is -2.06. The van der Waals surface area contributed by atoms with Crippen LogP contribution in [0.15, 0.2) is 102 Å². The third-order valence-corrected chi connectivity index (χ3v) is 5.39. The number of nitrogens with zero attached hydrogens (tertiary/aromatic N) is 1. The Kier molecular flexibility index (Phi) is 8.97. The lowest BCUT2D eigenvalue weighted by Gasteiger charge is -2.08. The molecule has 0 aliphatic carbocycles. The average molecular weight is 532 g/mol. The number of rotatable bonds is 8. The molecule has 7 nitrogen and oxygen atoms in total. The van der Waals surface area contributed by atoms with Crippen LogP contribution in [0, 0.1) is 11.6 Å². The van der Waals surface area contributed by atoms with Crippen LogP contribution in [-0.4, -0.2) is 29.5 Å². The first kappa shape index (κ1) is 27.0. The third-order valence-electron chi connectivity index (χ3n) is 5.39. The molecule has 0 spiro atoms. The Bertz CT molecular complexity index is 1480. The Morgan fingerprint density at radius 1 is 0.795 bits per heavy atom. The molecule has 1 aliphatic rings. The summed E-state index contributed by atoms with van der Waals surface area (Å²) in [6.07, 6.45) is 0. The highest BCUT2D eigenvalue weighted by atomic mass is 19.1. The fraction of sp³-hybridized carbons (Fsp3) is 0.100. The van der Waals surface area contributed by atoms with Crippen molar-refractivity contribution < 1.29 is 37.7 Å². The minimum absolute atomic E-state index is 0.0246.